The Balaban J connectivity index is 1.80. The van der Waals surface area contributed by atoms with Gasteiger partial charge in [-0.3, -0.25) is 9.69 Å². The van der Waals surface area contributed by atoms with Crippen molar-refractivity contribution in [3.8, 4) is 0 Å². The van der Waals surface area contributed by atoms with Crippen molar-refractivity contribution >= 4 is 32.6 Å². The van der Waals surface area contributed by atoms with E-state index in [1.807, 2.05) is 61.2 Å². The van der Waals surface area contributed by atoms with Crippen LogP contribution in [-0.4, -0.2) is 10.9 Å². The highest BCUT2D eigenvalue weighted by Crippen LogP contribution is 2.32. The minimum Gasteiger partial charge on any atom is -0.279 e. The molecule has 0 N–H and O–H groups in total. The van der Waals surface area contributed by atoms with Crippen LogP contribution in [-0.2, 0) is 6.54 Å². The van der Waals surface area contributed by atoms with Crippen LogP contribution in [0.5, 0.6) is 0 Å². The predicted molar refractivity (Wildman–Crippen MR) is 122 cm³/mol. The maximum atomic E-state index is 13.6. The van der Waals surface area contributed by atoms with Crippen LogP contribution in [0.2, 0.25) is 0 Å². The Labute approximate surface area is 175 Å². The first-order valence-electron chi connectivity index (χ1n) is 9.73. The molecule has 0 saturated carbocycles. The third-order valence-electron chi connectivity index (χ3n) is 5.26. The van der Waals surface area contributed by atoms with E-state index < -0.39 is 0 Å². The molecular formula is C25H24N2OS. The molecule has 3 nitrogen and oxygen atoms in total. The molecule has 0 aliphatic rings. The van der Waals surface area contributed by atoms with E-state index in [0.717, 1.165) is 37.6 Å². The number of hydrogen-bond acceptors (Lipinski definition) is 3. The van der Waals surface area contributed by atoms with Gasteiger partial charge in [-0.15, -0.1) is 0 Å². The number of carbonyl (C=O) groups is 1. The largest absolute Gasteiger partial charge is 0.279 e. The third-order valence-corrected chi connectivity index (χ3v) is 6.31. The summed E-state index contributed by atoms with van der Waals surface area (Å²) < 4.78 is 1.11. The molecule has 0 aliphatic heterocycles. The number of amides is 1. The number of fused-ring (bicyclic) bond motifs is 1. The van der Waals surface area contributed by atoms with Crippen LogP contribution in [0.15, 0.2) is 60.7 Å². The van der Waals surface area contributed by atoms with Crippen LogP contribution in [0, 0.1) is 27.7 Å². The van der Waals surface area contributed by atoms with Crippen LogP contribution in [0.25, 0.3) is 10.2 Å². The van der Waals surface area contributed by atoms with Crippen LogP contribution in [0.1, 0.15) is 38.2 Å². The van der Waals surface area contributed by atoms with Gasteiger partial charge < -0.3 is 0 Å². The van der Waals surface area contributed by atoms with Crippen LogP contribution < -0.4 is 4.90 Å². The molecule has 0 atom stereocenters. The van der Waals surface area contributed by atoms with Crippen molar-refractivity contribution in [3.63, 3.8) is 0 Å². The molecule has 4 rings (SSSR count). The summed E-state index contributed by atoms with van der Waals surface area (Å²) in [7, 11) is 0. The molecule has 4 heteroatoms. The number of rotatable bonds is 4. The molecule has 146 valence electrons. The summed E-state index contributed by atoms with van der Waals surface area (Å²) in [6, 6.07) is 20.3. The zero-order valence-corrected chi connectivity index (χ0v) is 18.0. The normalized spacial score (nSPS) is 11.0. The number of benzene rings is 3. The highest BCUT2D eigenvalue weighted by Gasteiger charge is 2.23. The molecule has 0 saturated heterocycles. The topological polar surface area (TPSA) is 33.2 Å². The van der Waals surface area contributed by atoms with E-state index >= 15 is 0 Å². The molecule has 1 amide bonds. The Bertz CT molecular complexity index is 1160. The smallest absolute Gasteiger partial charge is 0.260 e. The molecule has 0 spiro atoms. The molecule has 1 heterocycles. The van der Waals surface area contributed by atoms with Gasteiger partial charge in [0.05, 0.1) is 16.8 Å². The molecule has 0 radical (unpaired) electrons. The second-order valence-electron chi connectivity index (χ2n) is 7.60. The van der Waals surface area contributed by atoms with Crippen molar-refractivity contribution in [2.24, 2.45) is 0 Å². The minimum atomic E-state index is -0.0150. The molecule has 4 aromatic rings. The lowest BCUT2D eigenvalue weighted by Gasteiger charge is -2.21. The molecule has 1 aromatic heterocycles. The van der Waals surface area contributed by atoms with Gasteiger partial charge in [0.2, 0.25) is 0 Å². The van der Waals surface area contributed by atoms with E-state index in [4.69, 9.17) is 4.98 Å². The van der Waals surface area contributed by atoms with Gasteiger partial charge in [-0.1, -0.05) is 59.4 Å². The van der Waals surface area contributed by atoms with E-state index in [2.05, 4.69) is 32.0 Å². The van der Waals surface area contributed by atoms with Crippen LogP contribution >= 0.6 is 11.3 Å². The fraction of sp³-hybridized carbons (Fsp3) is 0.200. The van der Waals surface area contributed by atoms with Gasteiger partial charge in [0.25, 0.3) is 5.91 Å². The number of anilines is 1. The van der Waals surface area contributed by atoms with Gasteiger partial charge in [0.1, 0.15) is 0 Å². The van der Waals surface area contributed by atoms with Gasteiger partial charge in [-0.2, -0.15) is 0 Å². The van der Waals surface area contributed by atoms with E-state index in [0.29, 0.717) is 6.54 Å². The van der Waals surface area contributed by atoms with E-state index in [1.165, 1.54) is 11.1 Å². The van der Waals surface area contributed by atoms with E-state index in [-0.39, 0.29) is 5.91 Å². The Kier molecular flexibility index (Phi) is 5.20. The Morgan fingerprint density at radius 1 is 0.897 bits per heavy atom. The number of carbonyl (C=O) groups excluding carboxylic acids is 1. The molecule has 0 aliphatic carbocycles. The number of aryl methyl sites for hydroxylation is 4. The summed E-state index contributed by atoms with van der Waals surface area (Å²) in [6.07, 6.45) is 0. The number of nitrogens with zero attached hydrogens (tertiary/aromatic N) is 2. The number of aromatic nitrogens is 1. The van der Waals surface area contributed by atoms with Crippen molar-refractivity contribution in [1.29, 1.82) is 0 Å². The molecule has 0 unspecified atom stereocenters. The Hall–Kier alpha value is -2.98. The second kappa shape index (κ2) is 7.80. The monoisotopic (exact) mass is 400 g/mol. The summed E-state index contributed by atoms with van der Waals surface area (Å²) in [5, 5.41) is 0.735. The zero-order chi connectivity index (χ0) is 20.5. The first-order chi connectivity index (χ1) is 13.9. The Morgan fingerprint density at radius 3 is 2.34 bits per heavy atom. The fourth-order valence-corrected chi connectivity index (χ4v) is 4.52. The van der Waals surface area contributed by atoms with E-state index in [9.17, 15) is 4.79 Å². The molecular weight excluding hydrogens is 376 g/mol. The molecule has 0 bridgehead atoms. The number of hydrogen-bond donors (Lipinski definition) is 0. The first kappa shape index (κ1) is 19.3. The van der Waals surface area contributed by atoms with Gasteiger partial charge in [0.15, 0.2) is 5.13 Å². The summed E-state index contributed by atoms with van der Waals surface area (Å²) in [5.74, 6) is -0.0150. The van der Waals surface area contributed by atoms with Gasteiger partial charge in [-0.05, 0) is 68.1 Å². The second-order valence-corrected chi connectivity index (χ2v) is 8.61. The lowest BCUT2D eigenvalue weighted by atomic mass is 10.0. The van der Waals surface area contributed by atoms with Crippen molar-refractivity contribution in [1.82, 2.24) is 4.98 Å². The third kappa shape index (κ3) is 3.94. The maximum absolute atomic E-state index is 13.6. The van der Waals surface area contributed by atoms with Crippen molar-refractivity contribution in [2.75, 3.05) is 4.90 Å². The maximum Gasteiger partial charge on any atom is 0.260 e. The highest BCUT2D eigenvalue weighted by atomic mass is 32.1. The molecule has 29 heavy (non-hydrogen) atoms. The predicted octanol–water partition coefficient (Wildman–Crippen LogP) is 6.38. The number of thiazole rings is 1. The van der Waals surface area contributed by atoms with Gasteiger partial charge in [0, 0.05) is 5.56 Å². The quantitative estimate of drug-likeness (QED) is 0.398. The van der Waals surface area contributed by atoms with E-state index in [1.54, 1.807) is 11.3 Å². The average molecular weight is 401 g/mol. The Morgan fingerprint density at radius 2 is 1.62 bits per heavy atom. The molecule has 0 fully saturated rings. The summed E-state index contributed by atoms with van der Waals surface area (Å²) in [5.41, 5.74) is 7.34. The standard InChI is InChI=1S/C25H24N2OS/c1-16-10-11-21(19(4)12-16)24(28)27(15-20-8-6-5-7-9-20)25-26-22-13-17(2)18(3)14-23(22)29-25/h5-14H,15H2,1-4H3. The lowest BCUT2D eigenvalue weighted by Crippen LogP contribution is -2.30. The van der Waals surface area contributed by atoms with Gasteiger partial charge >= 0.3 is 0 Å². The SMILES string of the molecule is Cc1ccc(C(=O)N(Cc2ccccc2)c2nc3cc(C)c(C)cc3s2)c(C)c1. The first-order valence-corrected chi connectivity index (χ1v) is 10.5. The molecule has 3 aromatic carbocycles. The summed E-state index contributed by atoms with van der Waals surface area (Å²) in [6.45, 7) is 8.73. The average Bonchev–Trinajstić information content (AvgIpc) is 3.09. The van der Waals surface area contributed by atoms with Crippen molar-refractivity contribution in [2.45, 2.75) is 34.2 Å². The zero-order valence-electron chi connectivity index (χ0n) is 17.2. The summed E-state index contributed by atoms with van der Waals surface area (Å²) >= 11 is 1.57. The minimum absolute atomic E-state index is 0.0150. The van der Waals surface area contributed by atoms with Crippen molar-refractivity contribution in [3.05, 3.63) is 94.0 Å². The fourth-order valence-electron chi connectivity index (χ4n) is 3.47. The highest BCUT2D eigenvalue weighted by molar-refractivity contribution is 7.22. The van der Waals surface area contributed by atoms with Crippen LogP contribution in [0.4, 0.5) is 5.13 Å². The van der Waals surface area contributed by atoms with Crippen molar-refractivity contribution < 1.29 is 4.79 Å². The van der Waals surface area contributed by atoms with Crippen LogP contribution in [0.3, 0.4) is 0 Å². The summed E-state index contributed by atoms with van der Waals surface area (Å²) in [4.78, 5) is 20.2. The van der Waals surface area contributed by atoms with Gasteiger partial charge in [-0.25, -0.2) is 4.98 Å². The lowest BCUT2D eigenvalue weighted by molar-refractivity contribution is 0.0984.